The zero-order valence-corrected chi connectivity index (χ0v) is 19.0. The van der Waals surface area contributed by atoms with Gasteiger partial charge in [-0.25, -0.2) is 0 Å². The summed E-state index contributed by atoms with van der Waals surface area (Å²) in [6.45, 7) is 4.07. The Morgan fingerprint density at radius 1 is 1.19 bits per heavy atom. The first-order valence-corrected chi connectivity index (χ1v) is 11.9. The van der Waals surface area contributed by atoms with Crippen LogP contribution < -0.4 is 10.6 Å². The second-order valence-electron chi connectivity index (χ2n) is 9.74. The summed E-state index contributed by atoms with van der Waals surface area (Å²) in [5.74, 6) is 0.746. The number of aromatic amines is 1. The van der Waals surface area contributed by atoms with Gasteiger partial charge in [-0.15, -0.1) is 0 Å². The number of nitrogens with one attached hydrogen (secondary N) is 1. The first-order chi connectivity index (χ1) is 14.9. The predicted molar refractivity (Wildman–Crippen MR) is 124 cm³/mol. The van der Waals surface area contributed by atoms with Gasteiger partial charge >= 0.3 is 0 Å². The van der Waals surface area contributed by atoms with Gasteiger partial charge in [-0.3, -0.25) is 4.79 Å². The molecule has 1 aromatic heterocycles. The average Bonchev–Trinajstić information content (AvgIpc) is 3.14. The van der Waals surface area contributed by atoms with Crippen molar-refractivity contribution in [1.29, 1.82) is 0 Å². The molecule has 4 bridgehead atoms. The van der Waals surface area contributed by atoms with Crippen LogP contribution in [0.3, 0.4) is 0 Å². The fraction of sp³-hybridized carbons (Fsp3) is 0.500. The number of carbonyl (C=O) groups excluding carboxylic acids is 1. The summed E-state index contributed by atoms with van der Waals surface area (Å²) in [4.78, 5) is 19.2. The Kier molecular flexibility index (Phi) is 5.26. The standard InChI is InChI=1S/C26H31ClN2O2/c1-3-21-23(15-28-24(21)4-2)22(17-5-7-18(27)8-6-17)11-25(30)29-19-9-16-10-20(29)14-26(31,12-16)13-19/h3-8,15-16,19-20,22,28,31H,9-14H2,1-2H3. The van der Waals surface area contributed by atoms with Gasteiger partial charge in [-0.2, -0.15) is 0 Å². The summed E-state index contributed by atoms with van der Waals surface area (Å²) in [7, 11) is 0. The fourth-order valence-electron chi connectivity index (χ4n) is 6.69. The van der Waals surface area contributed by atoms with Crippen LogP contribution in [-0.2, 0) is 4.79 Å². The third-order valence-electron chi connectivity index (χ3n) is 7.77. The van der Waals surface area contributed by atoms with Crippen LogP contribution in [0.1, 0.15) is 69.4 Å². The maximum absolute atomic E-state index is 13.7. The molecule has 3 unspecified atom stereocenters. The number of aromatic nitrogens is 1. The van der Waals surface area contributed by atoms with E-state index in [0.717, 1.165) is 53.8 Å². The van der Waals surface area contributed by atoms with Crippen LogP contribution in [0.25, 0.3) is 12.2 Å². The number of benzene rings is 1. The van der Waals surface area contributed by atoms with Gasteiger partial charge in [0, 0.05) is 41.0 Å². The summed E-state index contributed by atoms with van der Waals surface area (Å²) >= 11 is 6.15. The number of hydrogen-bond donors (Lipinski definition) is 2. The van der Waals surface area contributed by atoms with Crippen LogP contribution in [0.5, 0.6) is 0 Å². The van der Waals surface area contributed by atoms with Crippen LogP contribution in [0, 0.1) is 5.92 Å². The Hall–Kier alpha value is -2.04. The Bertz CT molecular complexity index is 1090. The van der Waals surface area contributed by atoms with Crippen LogP contribution in [-0.4, -0.2) is 38.6 Å². The van der Waals surface area contributed by atoms with Gasteiger partial charge < -0.3 is 15.0 Å². The van der Waals surface area contributed by atoms with Crippen molar-refractivity contribution < 1.29 is 9.90 Å². The van der Waals surface area contributed by atoms with Crippen molar-refractivity contribution in [2.75, 3.05) is 0 Å². The lowest BCUT2D eigenvalue weighted by Crippen LogP contribution is -2.65. The third-order valence-corrected chi connectivity index (χ3v) is 8.03. The number of carbonyl (C=O) groups is 1. The van der Waals surface area contributed by atoms with E-state index in [4.69, 9.17) is 11.6 Å². The molecular formula is C26H31ClN2O2. The van der Waals surface area contributed by atoms with E-state index in [0.29, 0.717) is 17.4 Å². The number of hydrogen-bond acceptors (Lipinski definition) is 2. The van der Waals surface area contributed by atoms with Crippen LogP contribution >= 0.6 is 11.6 Å². The summed E-state index contributed by atoms with van der Waals surface area (Å²) in [5, 5.41) is 13.8. The molecule has 2 saturated carbocycles. The van der Waals surface area contributed by atoms with Gasteiger partial charge in [-0.05, 0) is 80.3 Å². The normalized spacial score (nSPS) is 31.5. The lowest BCUT2D eigenvalue weighted by Gasteiger charge is -2.59. The Morgan fingerprint density at radius 2 is 1.87 bits per heavy atom. The molecule has 2 saturated heterocycles. The Balaban J connectivity index is 1.49. The Morgan fingerprint density at radius 3 is 2.45 bits per heavy atom. The largest absolute Gasteiger partial charge is 0.390 e. The molecule has 164 valence electrons. The zero-order valence-electron chi connectivity index (χ0n) is 18.3. The second kappa shape index (κ2) is 7.83. The van der Waals surface area contributed by atoms with Crippen molar-refractivity contribution in [3.05, 3.63) is 57.2 Å². The van der Waals surface area contributed by atoms with E-state index < -0.39 is 5.60 Å². The molecule has 4 aliphatic rings. The average molecular weight is 439 g/mol. The smallest absolute Gasteiger partial charge is 0.224 e. The SMILES string of the molecule is CC=c1[nH]cc(C(CC(=O)N2C3CC4CC2CC(O)(C4)C3)c2ccc(Cl)cc2)c1=CC. The molecule has 4 fully saturated rings. The predicted octanol–water partition coefficient (Wildman–Crippen LogP) is 3.70. The topological polar surface area (TPSA) is 56.3 Å². The van der Waals surface area contributed by atoms with E-state index in [2.05, 4.69) is 22.0 Å². The van der Waals surface area contributed by atoms with Gasteiger partial charge in [0.25, 0.3) is 0 Å². The van der Waals surface area contributed by atoms with E-state index in [9.17, 15) is 9.90 Å². The minimum absolute atomic E-state index is 0.0406. The number of amides is 1. The highest BCUT2D eigenvalue weighted by molar-refractivity contribution is 6.30. The molecule has 2 aliphatic carbocycles. The van der Waals surface area contributed by atoms with Crippen molar-refractivity contribution in [3.8, 4) is 0 Å². The van der Waals surface area contributed by atoms with Gasteiger partial charge in [0.05, 0.1) is 5.60 Å². The lowest BCUT2D eigenvalue weighted by molar-refractivity contribution is -0.174. The molecule has 1 amide bonds. The molecular weight excluding hydrogens is 408 g/mol. The molecule has 2 aromatic rings. The van der Waals surface area contributed by atoms with Crippen molar-refractivity contribution in [2.45, 2.75) is 76.0 Å². The molecule has 2 N–H and O–H groups in total. The highest BCUT2D eigenvalue weighted by Crippen LogP contribution is 2.51. The molecule has 2 aliphatic heterocycles. The maximum atomic E-state index is 13.7. The molecule has 6 rings (SSSR count). The van der Waals surface area contributed by atoms with Gasteiger partial charge in [0.1, 0.15) is 0 Å². The summed E-state index contributed by atoms with van der Waals surface area (Å²) in [6, 6.07) is 8.27. The first kappa shape index (κ1) is 20.8. The van der Waals surface area contributed by atoms with Crippen molar-refractivity contribution in [1.82, 2.24) is 9.88 Å². The number of H-pyrrole nitrogens is 1. The zero-order chi connectivity index (χ0) is 21.8. The minimum atomic E-state index is -0.542. The highest BCUT2D eigenvalue weighted by Gasteiger charge is 2.55. The molecule has 31 heavy (non-hydrogen) atoms. The van der Waals surface area contributed by atoms with E-state index in [1.165, 1.54) is 0 Å². The summed E-state index contributed by atoms with van der Waals surface area (Å²) < 4.78 is 0. The molecule has 3 heterocycles. The van der Waals surface area contributed by atoms with Crippen LogP contribution in [0.2, 0.25) is 5.02 Å². The summed E-state index contributed by atoms with van der Waals surface area (Å²) in [6.07, 6.45) is 11.2. The molecule has 0 radical (unpaired) electrons. The van der Waals surface area contributed by atoms with Gasteiger partial charge in [0.2, 0.25) is 5.91 Å². The quantitative estimate of drug-likeness (QED) is 0.764. The second-order valence-corrected chi connectivity index (χ2v) is 10.2. The summed E-state index contributed by atoms with van der Waals surface area (Å²) in [5.41, 5.74) is 1.71. The van der Waals surface area contributed by atoms with E-state index in [1.807, 2.05) is 44.3 Å². The highest BCUT2D eigenvalue weighted by atomic mass is 35.5. The maximum Gasteiger partial charge on any atom is 0.224 e. The van der Waals surface area contributed by atoms with E-state index >= 15 is 0 Å². The molecule has 0 spiro atoms. The van der Waals surface area contributed by atoms with E-state index in [1.54, 1.807) is 0 Å². The number of rotatable bonds is 4. The molecule has 3 atom stereocenters. The van der Waals surface area contributed by atoms with Gasteiger partial charge in [-0.1, -0.05) is 35.9 Å². The van der Waals surface area contributed by atoms with Crippen LogP contribution in [0.4, 0.5) is 0 Å². The van der Waals surface area contributed by atoms with Crippen molar-refractivity contribution in [2.24, 2.45) is 5.92 Å². The monoisotopic (exact) mass is 438 g/mol. The minimum Gasteiger partial charge on any atom is -0.390 e. The third kappa shape index (κ3) is 3.64. The fourth-order valence-corrected chi connectivity index (χ4v) is 6.82. The molecule has 1 aromatic carbocycles. The number of halogens is 1. The van der Waals surface area contributed by atoms with Crippen molar-refractivity contribution in [3.63, 3.8) is 0 Å². The number of aliphatic hydroxyl groups is 1. The van der Waals surface area contributed by atoms with E-state index in [-0.39, 0.29) is 23.9 Å². The molecule has 5 heteroatoms. The first-order valence-electron chi connectivity index (χ1n) is 11.5. The lowest BCUT2D eigenvalue weighted by atomic mass is 9.61. The molecule has 4 nitrogen and oxygen atoms in total. The van der Waals surface area contributed by atoms with Crippen LogP contribution in [0.15, 0.2) is 30.5 Å². The van der Waals surface area contributed by atoms with Crippen molar-refractivity contribution >= 4 is 29.7 Å². The van der Waals surface area contributed by atoms with Gasteiger partial charge in [0.15, 0.2) is 0 Å². The number of nitrogens with zero attached hydrogens (tertiary/aromatic N) is 1. The Labute approximate surface area is 188 Å². The number of piperidine rings is 2.